The molecule has 0 bridgehead atoms. The SMILES string of the molecule is NC1=N[C@H]2C(=O)CC=C[C@H]2S1. The Bertz CT molecular complexity index is 259. The molecular formula is C7H8N2OS. The first kappa shape index (κ1) is 6.91. The second kappa shape index (κ2) is 2.37. The molecule has 1 aliphatic heterocycles. The lowest BCUT2D eigenvalue weighted by Crippen LogP contribution is -2.28. The minimum absolute atomic E-state index is 0.177. The van der Waals surface area contributed by atoms with Crippen molar-refractivity contribution in [3.05, 3.63) is 12.2 Å². The van der Waals surface area contributed by atoms with Gasteiger partial charge < -0.3 is 5.73 Å². The molecule has 0 saturated carbocycles. The van der Waals surface area contributed by atoms with Gasteiger partial charge in [0.25, 0.3) is 0 Å². The summed E-state index contributed by atoms with van der Waals surface area (Å²) in [6.45, 7) is 0. The van der Waals surface area contributed by atoms with Crippen LogP contribution in [0.15, 0.2) is 17.1 Å². The van der Waals surface area contributed by atoms with Crippen molar-refractivity contribution in [2.45, 2.75) is 17.7 Å². The Balaban J connectivity index is 2.28. The van der Waals surface area contributed by atoms with Gasteiger partial charge in [0.1, 0.15) is 6.04 Å². The Hall–Kier alpha value is -0.770. The fourth-order valence-electron chi connectivity index (χ4n) is 1.28. The number of ketones is 1. The van der Waals surface area contributed by atoms with Crippen LogP contribution >= 0.6 is 11.8 Å². The highest BCUT2D eigenvalue weighted by atomic mass is 32.2. The van der Waals surface area contributed by atoms with Gasteiger partial charge in [-0.25, -0.2) is 4.99 Å². The first-order chi connectivity index (χ1) is 5.27. The van der Waals surface area contributed by atoms with E-state index < -0.39 is 0 Å². The number of fused-ring (bicyclic) bond motifs is 1. The lowest BCUT2D eigenvalue weighted by Gasteiger charge is -2.14. The summed E-state index contributed by atoms with van der Waals surface area (Å²) in [6, 6.07) is -0.190. The van der Waals surface area contributed by atoms with Gasteiger partial charge in [0.05, 0.1) is 5.25 Å². The number of amidine groups is 1. The van der Waals surface area contributed by atoms with Gasteiger partial charge in [0.15, 0.2) is 11.0 Å². The number of hydrogen-bond donors (Lipinski definition) is 1. The predicted molar refractivity (Wildman–Crippen MR) is 45.6 cm³/mol. The molecule has 0 aromatic heterocycles. The van der Waals surface area contributed by atoms with Crippen molar-refractivity contribution in [2.24, 2.45) is 10.7 Å². The topological polar surface area (TPSA) is 55.4 Å². The van der Waals surface area contributed by atoms with E-state index in [9.17, 15) is 4.79 Å². The van der Waals surface area contributed by atoms with Gasteiger partial charge in [-0.3, -0.25) is 4.79 Å². The van der Waals surface area contributed by atoms with Crippen molar-refractivity contribution in [2.75, 3.05) is 0 Å². The van der Waals surface area contributed by atoms with E-state index >= 15 is 0 Å². The molecule has 2 N–H and O–H groups in total. The van der Waals surface area contributed by atoms with Crippen molar-refractivity contribution >= 4 is 22.7 Å². The highest BCUT2D eigenvalue weighted by molar-refractivity contribution is 8.14. The van der Waals surface area contributed by atoms with Crippen LogP contribution in [0.5, 0.6) is 0 Å². The molecule has 0 aromatic carbocycles. The maximum atomic E-state index is 11.2. The molecule has 0 saturated heterocycles. The van der Waals surface area contributed by atoms with Crippen LogP contribution in [-0.4, -0.2) is 22.2 Å². The van der Waals surface area contributed by atoms with Crippen molar-refractivity contribution in [1.29, 1.82) is 0 Å². The Kier molecular flexibility index (Phi) is 1.49. The minimum atomic E-state index is -0.190. The third-order valence-corrected chi connectivity index (χ3v) is 2.84. The number of nitrogens with zero attached hydrogens (tertiary/aromatic N) is 1. The van der Waals surface area contributed by atoms with Gasteiger partial charge >= 0.3 is 0 Å². The van der Waals surface area contributed by atoms with Crippen molar-refractivity contribution < 1.29 is 4.79 Å². The molecule has 58 valence electrons. The predicted octanol–water partition coefficient (Wildman–Crippen LogP) is 0.314. The zero-order valence-electron chi connectivity index (χ0n) is 5.86. The van der Waals surface area contributed by atoms with Gasteiger partial charge in [0, 0.05) is 6.42 Å². The summed E-state index contributed by atoms with van der Waals surface area (Å²) in [7, 11) is 0. The van der Waals surface area contributed by atoms with Crippen LogP contribution in [0.2, 0.25) is 0 Å². The molecule has 0 fully saturated rings. The molecule has 2 rings (SSSR count). The number of rotatable bonds is 0. The van der Waals surface area contributed by atoms with Crippen LogP contribution in [0.4, 0.5) is 0 Å². The minimum Gasteiger partial charge on any atom is -0.378 e. The zero-order valence-corrected chi connectivity index (χ0v) is 6.67. The first-order valence-corrected chi connectivity index (χ1v) is 4.34. The first-order valence-electron chi connectivity index (χ1n) is 3.46. The van der Waals surface area contributed by atoms with Crippen LogP contribution in [0, 0.1) is 0 Å². The van der Waals surface area contributed by atoms with E-state index in [2.05, 4.69) is 4.99 Å². The second-order valence-corrected chi connectivity index (χ2v) is 3.79. The second-order valence-electron chi connectivity index (χ2n) is 2.59. The summed E-state index contributed by atoms with van der Waals surface area (Å²) in [5, 5.41) is 0.719. The number of thioether (sulfide) groups is 1. The van der Waals surface area contributed by atoms with E-state index in [0.717, 1.165) is 0 Å². The van der Waals surface area contributed by atoms with E-state index in [1.165, 1.54) is 11.8 Å². The van der Waals surface area contributed by atoms with Gasteiger partial charge in [-0.2, -0.15) is 0 Å². The third-order valence-electron chi connectivity index (χ3n) is 1.81. The van der Waals surface area contributed by atoms with E-state index in [1.807, 2.05) is 12.2 Å². The summed E-state index contributed by atoms with van der Waals surface area (Å²) in [4.78, 5) is 15.2. The normalized spacial score (nSPS) is 35.3. The Morgan fingerprint density at radius 3 is 3.27 bits per heavy atom. The maximum absolute atomic E-state index is 11.2. The summed E-state index contributed by atoms with van der Waals surface area (Å²) < 4.78 is 0. The Labute approximate surface area is 68.7 Å². The molecule has 11 heavy (non-hydrogen) atoms. The zero-order chi connectivity index (χ0) is 7.84. The third kappa shape index (κ3) is 1.07. The molecule has 0 amide bonds. The van der Waals surface area contributed by atoms with E-state index in [-0.39, 0.29) is 17.1 Å². The molecule has 2 aliphatic rings. The lowest BCUT2D eigenvalue weighted by atomic mass is 10.0. The lowest BCUT2D eigenvalue weighted by molar-refractivity contribution is -0.119. The molecule has 0 radical (unpaired) electrons. The van der Waals surface area contributed by atoms with Crippen molar-refractivity contribution in [3.63, 3.8) is 0 Å². The molecular weight excluding hydrogens is 160 g/mol. The maximum Gasteiger partial charge on any atom is 0.162 e. The molecule has 1 aliphatic carbocycles. The number of hydrogen-bond acceptors (Lipinski definition) is 4. The number of allylic oxidation sites excluding steroid dienone is 1. The molecule has 1 heterocycles. The standard InChI is InChI=1S/C7H8N2OS/c8-7-9-6-4(10)2-1-3-5(6)11-7/h1,3,5-6H,2H2,(H2,8,9)/t5-,6+/m1/s1. The summed E-state index contributed by atoms with van der Waals surface area (Å²) in [5.74, 6) is 0.186. The van der Waals surface area contributed by atoms with Crippen molar-refractivity contribution in [1.82, 2.24) is 0 Å². The van der Waals surface area contributed by atoms with E-state index in [4.69, 9.17) is 5.73 Å². The number of carbonyl (C=O) groups excluding carboxylic acids is 1. The quantitative estimate of drug-likeness (QED) is 0.530. The average molecular weight is 168 g/mol. The van der Waals surface area contributed by atoms with Crippen molar-refractivity contribution in [3.8, 4) is 0 Å². The number of nitrogens with two attached hydrogens (primary N) is 1. The fraction of sp³-hybridized carbons (Fsp3) is 0.429. The Morgan fingerprint density at radius 1 is 1.73 bits per heavy atom. The van der Waals surface area contributed by atoms with Gasteiger partial charge in [0.2, 0.25) is 0 Å². The monoisotopic (exact) mass is 168 g/mol. The van der Waals surface area contributed by atoms with Crippen LogP contribution in [0.3, 0.4) is 0 Å². The number of aliphatic imine (C=N–C) groups is 1. The summed E-state index contributed by atoms with van der Waals surface area (Å²) >= 11 is 1.47. The number of carbonyl (C=O) groups is 1. The van der Waals surface area contributed by atoms with Gasteiger partial charge in [-0.1, -0.05) is 23.9 Å². The van der Waals surface area contributed by atoms with E-state index in [0.29, 0.717) is 11.6 Å². The van der Waals surface area contributed by atoms with Crippen LogP contribution in [0.25, 0.3) is 0 Å². The largest absolute Gasteiger partial charge is 0.378 e. The summed E-state index contributed by atoms with van der Waals surface area (Å²) in [6.07, 6.45) is 4.42. The molecule has 2 atom stereocenters. The van der Waals surface area contributed by atoms with E-state index in [1.54, 1.807) is 0 Å². The Morgan fingerprint density at radius 2 is 2.55 bits per heavy atom. The molecule has 0 unspecified atom stereocenters. The highest BCUT2D eigenvalue weighted by Crippen LogP contribution is 2.29. The average Bonchev–Trinajstić information content (AvgIpc) is 2.31. The van der Waals surface area contributed by atoms with Crippen LogP contribution < -0.4 is 5.73 Å². The van der Waals surface area contributed by atoms with Crippen LogP contribution in [-0.2, 0) is 4.79 Å². The highest BCUT2D eigenvalue weighted by Gasteiger charge is 2.34. The smallest absolute Gasteiger partial charge is 0.162 e. The molecule has 0 aromatic rings. The van der Waals surface area contributed by atoms with Gasteiger partial charge in [-0.05, 0) is 0 Å². The summed E-state index contributed by atoms with van der Waals surface area (Å²) in [5.41, 5.74) is 5.48. The number of Topliss-reactive ketones (excluding diaryl/α,β-unsaturated/α-hetero) is 1. The molecule has 0 spiro atoms. The molecule has 4 heteroatoms. The van der Waals surface area contributed by atoms with Crippen LogP contribution in [0.1, 0.15) is 6.42 Å². The van der Waals surface area contributed by atoms with Gasteiger partial charge in [-0.15, -0.1) is 0 Å². The molecule has 3 nitrogen and oxygen atoms in total. The fourth-order valence-corrected chi connectivity index (χ4v) is 2.27.